The SMILES string of the molecule is COc1cncc(S(=O)(=O)N2CC(NC(C)=O)CCC2C(F)(F)F)c1. The molecule has 1 N–H and O–H groups in total. The summed E-state index contributed by atoms with van der Waals surface area (Å²) >= 11 is 0. The number of carbonyl (C=O) groups is 1. The molecule has 1 saturated heterocycles. The van der Waals surface area contributed by atoms with Gasteiger partial charge in [0.15, 0.2) is 0 Å². The van der Waals surface area contributed by atoms with Crippen LogP contribution in [0.1, 0.15) is 19.8 Å². The molecular weight excluding hydrogens is 363 g/mol. The highest BCUT2D eigenvalue weighted by molar-refractivity contribution is 7.89. The van der Waals surface area contributed by atoms with E-state index >= 15 is 0 Å². The number of hydrogen-bond acceptors (Lipinski definition) is 5. The first-order valence-electron chi connectivity index (χ1n) is 7.40. The minimum atomic E-state index is -4.72. The van der Waals surface area contributed by atoms with Gasteiger partial charge in [0.25, 0.3) is 0 Å². The zero-order chi connectivity index (χ0) is 18.8. The van der Waals surface area contributed by atoms with E-state index in [0.29, 0.717) is 4.31 Å². The summed E-state index contributed by atoms with van der Waals surface area (Å²) in [6.07, 6.45) is -2.92. The van der Waals surface area contributed by atoms with Gasteiger partial charge in [-0.2, -0.15) is 17.5 Å². The summed E-state index contributed by atoms with van der Waals surface area (Å²) < 4.78 is 70.8. The molecule has 0 spiro atoms. The van der Waals surface area contributed by atoms with E-state index in [4.69, 9.17) is 4.74 Å². The van der Waals surface area contributed by atoms with Gasteiger partial charge in [-0.1, -0.05) is 0 Å². The Morgan fingerprint density at radius 2 is 2.04 bits per heavy atom. The molecule has 11 heteroatoms. The average Bonchev–Trinajstić information content (AvgIpc) is 2.53. The molecule has 2 rings (SSSR count). The molecule has 0 aromatic carbocycles. The first-order valence-corrected chi connectivity index (χ1v) is 8.84. The lowest BCUT2D eigenvalue weighted by Crippen LogP contribution is -2.57. The smallest absolute Gasteiger partial charge is 0.405 e. The van der Waals surface area contributed by atoms with Gasteiger partial charge < -0.3 is 10.1 Å². The summed E-state index contributed by atoms with van der Waals surface area (Å²) in [5, 5.41) is 2.48. The molecule has 140 valence electrons. The predicted molar refractivity (Wildman–Crippen MR) is 81.4 cm³/mol. The van der Waals surface area contributed by atoms with E-state index in [0.717, 1.165) is 12.3 Å². The summed E-state index contributed by atoms with van der Waals surface area (Å²) in [7, 11) is -3.18. The quantitative estimate of drug-likeness (QED) is 0.850. The van der Waals surface area contributed by atoms with Crippen molar-refractivity contribution < 1.29 is 31.1 Å². The summed E-state index contributed by atoms with van der Waals surface area (Å²) in [6.45, 7) is 0.754. The van der Waals surface area contributed by atoms with E-state index in [9.17, 15) is 26.4 Å². The van der Waals surface area contributed by atoms with Crippen LogP contribution in [0.15, 0.2) is 23.4 Å². The van der Waals surface area contributed by atoms with Crippen molar-refractivity contribution in [1.29, 1.82) is 0 Å². The van der Waals surface area contributed by atoms with Crippen molar-refractivity contribution in [1.82, 2.24) is 14.6 Å². The molecule has 1 aromatic heterocycles. The van der Waals surface area contributed by atoms with Gasteiger partial charge in [-0.25, -0.2) is 8.42 Å². The van der Waals surface area contributed by atoms with Gasteiger partial charge in [0.2, 0.25) is 15.9 Å². The first-order chi connectivity index (χ1) is 11.6. The third-order valence-corrected chi connectivity index (χ3v) is 5.69. The Balaban J connectivity index is 2.41. The second kappa shape index (κ2) is 7.16. The van der Waals surface area contributed by atoms with Gasteiger partial charge in [0, 0.05) is 31.8 Å². The number of piperidine rings is 1. The number of rotatable bonds is 4. The van der Waals surface area contributed by atoms with Crippen LogP contribution in [-0.2, 0) is 14.8 Å². The van der Waals surface area contributed by atoms with Crippen LogP contribution < -0.4 is 10.1 Å². The fraction of sp³-hybridized carbons (Fsp3) is 0.571. The molecule has 1 aromatic rings. The lowest BCUT2D eigenvalue weighted by molar-refractivity contribution is -0.178. The summed E-state index contributed by atoms with van der Waals surface area (Å²) in [6, 6.07) is -1.74. The van der Waals surface area contributed by atoms with Crippen molar-refractivity contribution in [2.75, 3.05) is 13.7 Å². The van der Waals surface area contributed by atoms with Crippen LogP contribution in [0, 0.1) is 0 Å². The maximum absolute atomic E-state index is 13.3. The predicted octanol–water partition coefficient (Wildman–Crippen LogP) is 1.31. The number of pyridine rings is 1. The van der Waals surface area contributed by atoms with E-state index in [1.807, 2.05) is 0 Å². The summed E-state index contributed by atoms with van der Waals surface area (Å²) in [4.78, 5) is 14.5. The number of nitrogens with zero attached hydrogens (tertiary/aromatic N) is 2. The number of halogens is 3. The minimum Gasteiger partial charge on any atom is -0.495 e. The molecule has 1 fully saturated rings. The number of nitrogens with one attached hydrogen (secondary N) is 1. The zero-order valence-electron chi connectivity index (χ0n) is 13.6. The molecule has 0 saturated carbocycles. The van der Waals surface area contributed by atoms with Gasteiger partial charge in [-0.3, -0.25) is 9.78 Å². The number of amides is 1. The zero-order valence-corrected chi connectivity index (χ0v) is 14.4. The fourth-order valence-electron chi connectivity index (χ4n) is 2.72. The Bertz CT molecular complexity index is 739. The van der Waals surface area contributed by atoms with Gasteiger partial charge in [-0.15, -0.1) is 0 Å². The molecule has 0 aliphatic carbocycles. The van der Waals surface area contributed by atoms with Gasteiger partial charge in [-0.05, 0) is 12.8 Å². The highest BCUT2D eigenvalue weighted by atomic mass is 32.2. The number of alkyl halides is 3. The topological polar surface area (TPSA) is 88.6 Å². The molecule has 1 aliphatic rings. The maximum atomic E-state index is 13.3. The molecular formula is C14H18F3N3O4S. The minimum absolute atomic E-state index is 0.0339. The van der Waals surface area contributed by atoms with E-state index in [-0.39, 0.29) is 12.2 Å². The molecule has 1 aliphatic heterocycles. The standard InChI is InChI=1S/C14H18F3N3O4S/c1-9(21)19-10-3-4-13(14(15,16)17)20(8-10)25(22,23)12-5-11(24-2)6-18-7-12/h5-7,10,13H,3-4,8H2,1-2H3,(H,19,21). The van der Waals surface area contributed by atoms with E-state index in [1.165, 1.54) is 20.2 Å². The Kier molecular flexibility index (Phi) is 5.57. The Morgan fingerprint density at radius 1 is 1.36 bits per heavy atom. The van der Waals surface area contributed by atoms with Gasteiger partial charge in [0.05, 0.1) is 13.3 Å². The molecule has 0 radical (unpaired) electrons. The van der Waals surface area contributed by atoms with Crippen molar-refractivity contribution in [3.63, 3.8) is 0 Å². The van der Waals surface area contributed by atoms with Crippen LogP contribution in [0.4, 0.5) is 13.2 Å². The second-order valence-corrected chi connectivity index (χ2v) is 7.56. The fourth-order valence-corrected chi connectivity index (χ4v) is 4.39. The number of aromatic nitrogens is 1. The summed E-state index contributed by atoms with van der Waals surface area (Å²) in [5.41, 5.74) is 0. The molecule has 2 heterocycles. The van der Waals surface area contributed by atoms with Gasteiger partial charge in [0.1, 0.15) is 16.7 Å². The number of sulfonamides is 1. The first kappa shape index (κ1) is 19.4. The van der Waals surface area contributed by atoms with Crippen molar-refractivity contribution in [3.8, 4) is 5.75 Å². The van der Waals surface area contributed by atoms with Crippen molar-refractivity contribution in [2.24, 2.45) is 0 Å². The average molecular weight is 381 g/mol. The third-order valence-electron chi connectivity index (χ3n) is 3.85. The lowest BCUT2D eigenvalue weighted by atomic mass is 10.0. The van der Waals surface area contributed by atoms with Crippen LogP contribution in [0.2, 0.25) is 0 Å². The van der Waals surface area contributed by atoms with Crippen LogP contribution in [0.25, 0.3) is 0 Å². The van der Waals surface area contributed by atoms with E-state index < -0.39 is 52.1 Å². The molecule has 2 atom stereocenters. The van der Waals surface area contributed by atoms with E-state index in [2.05, 4.69) is 10.3 Å². The van der Waals surface area contributed by atoms with Crippen molar-refractivity contribution in [2.45, 2.75) is 42.9 Å². The van der Waals surface area contributed by atoms with E-state index in [1.54, 1.807) is 0 Å². The Labute approximate surface area is 143 Å². The number of carbonyl (C=O) groups excluding carboxylic acids is 1. The number of ether oxygens (including phenoxy) is 1. The largest absolute Gasteiger partial charge is 0.495 e. The Morgan fingerprint density at radius 3 is 2.60 bits per heavy atom. The highest BCUT2D eigenvalue weighted by Gasteiger charge is 2.51. The van der Waals surface area contributed by atoms with Crippen LogP contribution in [0.3, 0.4) is 0 Å². The molecule has 25 heavy (non-hydrogen) atoms. The molecule has 2 unspecified atom stereocenters. The van der Waals surface area contributed by atoms with Crippen molar-refractivity contribution in [3.05, 3.63) is 18.5 Å². The van der Waals surface area contributed by atoms with Crippen LogP contribution in [-0.4, -0.2) is 55.5 Å². The van der Waals surface area contributed by atoms with Crippen LogP contribution >= 0.6 is 0 Å². The van der Waals surface area contributed by atoms with Crippen molar-refractivity contribution >= 4 is 15.9 Å². The third kappa shape index (κ3) is 4.40. The van der Waals surface area contributed by atoms with Gasteiger partial charge >= 0.3 is 6.18 Å². The lowest BCUT2D eigenvalue weighted by Gasteiger charge is -2.39. The second-order valence-electron chi connectivity index (χ2n) is 5.67. The molecule has 1 amide bonds. The normalized spacial score (nSPS) is 22.4. The molecule has 7 nitrogen and oxygen atoms in total. The number of methoxy groups -OCH3 is 1. The molecule has 0 bridgehead atoms. The maximum Gasteiger partial charge on any atom is 0.405 e. The monoisotopic (exact) mass is 381 g/mol. The Hall–Kier alpha value is -1.88. The van der Waals surface area contributed by atoms with Crippen LogP contribution in [0.5, 0.6) is 5.75 Å². The summed E-state index contributed by atoms with van der Waals surface area (Å²) in [5.74, 6) is -0.323. The highest BCUT2D eigenvalue weighted by Crippen LogP contribution is 2.35. The number of hydrogen-bond donors (Lipinski definition) is 1.